The lowest BCUT2D eigenvalue weighted by molar-refractivity contribution is -0.120. The third-order valence-electron chi connectivity index (χ3n) is 3.33. The molecule has 5 heteroatoms. The van der Waals surface area contributed by atoms with Crippen molar-refractivity contribution < 1.29 is 14.4 Å². The van der Waals surface area contributed by atoms with E-state index in [2.05, 4.69) is 10.6 Å². The second-order valence-corrected chi connectivity index (χ2v) is 5.17. The highest BCUT2D eigenvalue weighted by Crippen LogP contribution is 2.37. The number of rotatable bonds is 3. The molecule has 0 bridgehead atoms. The summed E-state index contributed by atoms with van der Waals surface area (Å²) in [7, 11) is 0. The largest absolute Gasteiger partial charge is 0.349 e. The molecular formula is C14H16N2O3. The molecular weight excluding hydrogens is 244 g/mol. The van der Waals surface area contributed by atoms with E-state index in [0.29, 0.717) is 11.3 Å². The Labute approximate surface area is 111 Å². The van der Waals surface area contributed by atoms with Gasteiger partial charge in [-0.25, -0.2) is 0 Å². The molecule has 1 aromatic rings. The molecule has 0 unspecified atom stereocenters. The fraction of sp³-hybridized carbons (Fsp3) is 0.357. The maximum Gasteiger partial charge on any atom is 0.234 e. The Bertz CT molecular complexity index is 576. The van der Waals surface area contributed by atoms with Gasteiger partial charge in [-0.05, 0) is 25.5 Å². The van der Waals surface area contributed by atoms with Gasteiger partial charge in [-0.3, -0.25) is 14.4 Å². The van der Waals surface area contributed by atoms with Gasteiger partial charge in [0.1, 0.15) is 0 Å². The normalized spacial score (nSPS) is 15.6. The van der Waals surface area contributed by atoms with E-state index in [1.165, 1.54) is 6.92 Å². The molecule has 2 amide bonds. The van der Waals surface area contributed by atoms with Crippen molar-refractivity contribution in [1.29, 1.82) is 0 Å². The first-order valence-electron chi connectivity index (χ1n) is 6.06. The standard InChI is InChI=1S/C14H16N2O3/c1-8(17)15-7-12(18)9-4-5-10-11(6-9)16-13(19)14(10,2)3/h4-6H,7H2,1-3H3,(H,15,17)(H,16,19). The lowest BCUT2D eigenvalue weighted by Gasteiger charge is -2.14. The van der Waals surface area contributed by atoms with Crippen molar-refractivity contribution in [1.82, 2.24) is 5.32 Å². The minimum absolute atomic E-state index is 0.0363. The molecule has 0 aliphatic carbocycles. The van der Waals surface area contributed by atoms with Gasteiger partial charge in [0.15, 0.2) is 5.78 Å². The predicted octanol–water partition coefficient (Wildman–Crippen LogP) is 1.24. The Balaban J connectivity index is 2.24. The first-order chi connectivity index (χ1) is 8.82. The molecule has 1 aliphatic heterocycles. The van der Waals surface area contributed by atoms with Gasteiger partial charge in [-0.15, -0.1) is 0 Å². The van der Waals surface area contributed by atoms with Crippen molar-refractivity contribution >= 4 is 23.3 Å². The number of carbonyl (C=O) groups excluding carboxylic acids is 3. The van der Waals surface area contributed by atoms with Gasteiger partial charge in [-0.1, -0.05) is 12.1 Å². The average Bonchev–Trinajstić information content (AvgIpc) is 2.57. The van der Waals surface area contributed by atoms with Crippen LogP contribution in [0.4, 0.5) is 5.69 Å². The number of hydrogen-bond donors (Lipinski definition) is 2. The third kappa shape index (κ3) is 2.36. The highest BCUT2D eigenvalue weighted by Gasteiger charge is 2.38. The van der Waals surface area contributed by atoms with E-state index in [-0.39, 0.29) is 24.1 Å². The van der Waals surface area contributed by atoms with Crippen molar-refractivity contribution in [3.63, 3.8) is 0 Å². The summed E-state index contributed by atoms with van der Waals surface area (Å²) < 4.78 is 0. The van der Waals surface area contributed by atoms with Crippen molar-refractivity contribution in [2.75, 3.05) is 11.9 Å². The van der Waals surface area contributed by atoms with Crippen LogP contribution < -0.4 is 10.6 Å². The van der Waals surface area contributed by atoms with E-state index in [1.807, 2.05) is 13.8 Å². The third-order valence-corrected chi connectivity index (χ3v) is 3.33. The zero-order valence-electron chi connectivity index (χ0n) is 11.2. The molecule has 1 aromatic carbocycles. The summed E-state index contributed by atoms with van der Waals surface area (Å²) in [5, 5.41) is 5.23. The topological polar surface area (TPSA) is 75.3 Å². The second kappa shape index (κ2) is 4.50. The smallest absolute Gasteiger partial charge is 0.234 e. The molecule has 0 radical (unpaired) electrons. The molecule has 0 saturated carbocycles. The van der Waals surface area contributed by atoms with Crippen molar-refractivity contribution in [3.8, 4) is 0 Å². The van der Waals surface area contributed by atoms with E-state index < -0.39 is 5.41 Å². The van der Waals surface area contributed by atoms with Crippen LogP contribution in [0, 0.1) is 0 Å². The fourth-order valence-electron chi connectivity index (χ4n) is 2.07. The summed E-state index contributed by atoms with van der Waals surface area (Å²) in [5.41, 5.74) is 1.46. The van der Waals surface area contributed by atoms with Crippen LogP contribution in [0.3, 0.4) is 0 Å². The highest BCUT2D eigenvalue weighted by molar-refractivity contribution is 6.07. The molecule has 1 heterocycles. The highest BCUT2D eigenvalue weighted by atomic mass is 16.2. The van der Waals surface area contributed by atoms with Crippen LogP contribution in [0.1, 0.15) is 36.7 Å². The summed E-state index contributed by atoms with van der Waals surface area (Å²) in [5.74, 6) is -0.505. The quantitative estimate of drug-likeness (QED) is 0.803. The molecule has 5 nitrogen and oxygen atoms in total. The van der Waals surface area contributed by atoms with Crippen LogP contribution in [0.25, 0.3) is 0 Å². The molecule has 0 saturated heterocycles. The van der Waals surface area contributed by atoms with Gasteiger partial charge >= 0.3 is 0 Å². The zero-order valence-corrected chi connectivity index (χ0v) is 11.2. The summed E-state index contributed by atoms with van der Waals surface area (Å²) in [4.78, 5) is 34.4. The number of hydrogen-bond acceptors (Lipinski definition) is 3. The van der Waals surface area contributed by atoms with Crippen LogP contribution in [-0.4, -0.2) is 24.1 Å². The van der Waals surface area contributed by atoms with Crippen LogP contribution in [-0.2, 0) is 15.0 Å². The van der Waals surface area contributed by atoms with E-state index in [0.717, 1.165) is 5.56 Å². The fourth-order valence-corrected chi connectivity index (χ4v) is 2.07. The monoisotopic (exact) mass is 260 g/mol. The zero-order chi connectivity index (χ0) is 14.2. The molecule has 1 aliphatic rings. The first kappa shape index (κ1) is 13.3. The van der Waals surface area contributed by atoms with Crippen molar-refractivity contribution in [3.05, 3.63) is 29.3 Å². The van der Waals surface area contributed by atoms with Crippen LogP contribution in [0.5, 0.6) is 0 Å². The number of nitrogens with one attached hydrogen (secondary N) is 2. The molecule has 2 N–H and O–H groups in total. The van der Waals surface area contributed by atoms with Crippen LogP contribution in [0.2, 0.25) is 0 Å². The molecule has 100 valence electrons. The average molecular weight is 260 g/mol. The van der Waals surface area contributed by atoms with Crippen molar-refractivity contribution in [2.45, 2.75) is 26.2 Å². The number of benzene rings is 1. The molecule has 0 atom stereocenters. The number of anilines is 1. The van der Waals surface area contributed by atoms with E-state index >= 15 is 0 Å². The molecule has 0 aromatic heterocycles. The SMILES string of the molecule is CC(=O)NCC(=O)c1ccc2c(c1)NC(=O)C2(C)C. The minimum Gasteiger partial charge on any atom is -0.349 e. The van der Waals surface area contributed by atoms with E-state index in [9.17, 15) is 14.4 Å². The first-order valence-corrected chi connectivity index (χ1v) is 6.06. The maximum atomic E-state index is 11.9. The Morgan fingerprint density at radius 2 is 2.00 bits per heavy atom. The predicted molar refractivity (Wildman–Crippen MR) is 71.1 cm³/mol. The number of carbonyl (C=O) groups is 3. The molecule has 19 heavy (non-hydrogen) atoms. The van der Waals surface area contributed by atoms with E-state index in [1.54, 1.807) is 18.2 Å². The lowest BCUT2D eigenvalue weighted by atomic mass is 9.85. The van der Waals surface area contributed by atoms with Gasteiger partial charge in [0, 0.05) is 18.2 Å². The Morgan fingerprint density at radius 1 is 1.32 bits per heavy atom. The Kier molecular flexibility index (Phi) is 3.14. The van der Waals surface area contributed by atoms with Gasteiger partial charge in [0.2, 0.25) is 11.8 Å². The van der Waals surface area contributed by atoms with Crippen LogP contribution >= 0.6 is 0 Å². The number of amides is 2. The van der Waals surface area contributed by atoms with Gasteiger partial charge in [-0.2, -0.15) is 0 Å². The second-order valence-electron chi connectivity index (χ2n) is 5.17. The van der Waals surface area contributed by atoms with Gasteiger partial charge < -0.3 is 10.6 Å². The summed E-state index contributed by atoms with van der Waals surface area (Å²) in [6, 6.07) is 5.13. The number of ketones is 1. The molecule has 0 spiro atoms. The van der Waals surface area contributed by atoms with Gasteiger partial charge in [0.05, 0.1) is 12.0 Å². The summed E-state index contributed by atoms with van der Waals surface area (Å²) in [6.07, 6.45) is 0. The Morgan fingerprint density at radius 3 is 2.63 bits per heavy atom. The minimum atomic E-state index is -0.575. The molecule has 2 rings (SSSR count). The van der Waals surface area contributed by atoms with Crippen LogP contribution in [0.15, 0.2) is 18.2 Å². The summed E-state index contributed by atoms with van der Waals surface area (Å²) in [6.45, 7) is 5.00. The lowest BCUT2D eigenvalue weighted by Crippen LogP contribution is -2.27. The van der Waals surface area contributed by atoms with E-state index in [4.69, 9.17) is 0 Å². The van der Waals surface area contributed by atoms with Crippen molar-refractivity contribution in [2.24, 2.45) is 0 Å². The summed E-state index contributed by atoms with van der Waals surface area (Å²) >= 11 is 0. The number of fused-ring (bicyclic) bond motifs is 1. The number of Topliss-reactive ketones (excluding diaryl/α,β-unsaturated/α-hetero) is 1. The molecule has 0 fully saturated rings. The maximum absolute atomic E-state index is 11.9. The van der Waals surface area contributed by atoms with Gasteiger partial charge in [0.25, 0.3) is 0 Å². The Hall–Kier alpha value is -2.17.